The minimum atomic E-state index is -0.772. The Morgan fingerprint density at radius 3 is 2.46 bits per heavy atom. The first-order valence-electron chi connectivity index (χ1n) is 5.07. The fourth-order valence-electron chi connectivity index (χ4n) is 2.08. The van der Waals surface area contributed by atoms with Gasteiger partial charge in [0, 0.05) is 6.04 Å². The van der Waals surface area contributed by atoms with Crippen LogP contribution in [0.1, 0.15) is 39.0 Å². The highest BCUT2D eigenvalue weighted by atomic mass is 16.4. The van der Waals surface area contributed by atoms with Crippen LogP contribution in [0, 0.1) is 11.8 Å². The topological polar surface area (TPSA) is 63.3 Å². The lowest BCUT2D eigenvalue weighted by Crippen LogP contribution is -2.34. The fraction of sp³-hybridized carbons (Fsp3) is 0.900. The third kappa shape index (κ3) is 3.35. The summed E-state index contributed by atoms with van der Waals surface area (Å²) in [6.07, 6.45) is 4.75. The van der Waals surface area contributed by atoms with Gasteiger partial charge in [0.25, 0.3) is 0 Å². The van der Waals surface area contributed by atoms with Crippen LogP contribution >= 0.6 is 0 Å². The molecule has 1 unspecified atom stereocenters. The summed E-state index contributed by atoms with van der Waals surface area (Å²) in [7, 11) is 0. The summed E-state index contributed by atoms with van der Waals surface area (Å²) >= 11 is 0. The Hall–Kier alpha value is -0.570. The first-order valence-corrected chi connectivity index (χ1v) is 5.07. The quantitative estimate of drug-likeness (QED) is 0.702. The van der Waals surface area contributed by atoms with E-state index >= 15 is 0 Å². The molecule has 1 fully saturated rings. The van der Waals surface area contributed by atoms with Gasteiger partial charge in [-0.1, -0.05) is 19.8 Å². The molecule has 0 aromatic carbocycles. The van der Waals surface area contributed by atoms with Gasteiger partial charge in [0.1, 0.15) is 0 Å². The van der Waals surface area contributed by atoms with E-state index in [4.69, 9.17) is 10.8 Å². The maximum absolute atomic E-state index is 10.4. The van der Waals surface area contributed by atoms with E-state index in [1.165, 1.54) is 12.8 Å². The highest BCUT2D eigenvalue weighted by Gasteiger charge is 2.24. The Kier molecular flexibility index (Phi) is 3.72. The monoisotopic (exact) mass is 185 g/mol. The van der Waals surface area contributed by atoms with Gasteiger partial charge in [-0.05, 0) is 24.7 Å². The average molecular weight is 185 g/mol. The molecule has 0 aromatic rings. The van der Waals surface area contributed by atoms with E-state index in [1.54, 1.807) is 0 Å². The van der Waals surface area contributed by atoms with Crippen molar-refractivity contribution in [2.45, 2.75) is 45.1 Å². The molecule has 1 aliphatic carbocycles. The Bertz CT molecular complexity index is 174. The van der Waals surface area contributed by atoms with Crippen LogP contribution in [0.2, 0.25) is 0 Å². The van der Waals surface area contributed by atoms with Gasteiger partial charge in [-0.2, -0.15) is 0 Å². The van der Waals surface area contributed by atoms with Crippen LogP contribution in [0.4, 0.5) is 0 Å². The second-order valence-corrected chi connectivity index (χ2v) is 4.28. The molecule has 3 N–H and O–H groups in total. The maximum Gasteiger partial charge on any atom is 0.304 e. The predicted molar refractivity (Wildman–Crippen MR) is 51.4 cm³/mol. The minimum absolute atomic E-state index is 0.124. The van der Waals surface area contributed by atoms with Gasteiger partial charge >= 0.3 is 5.97 Å². The highest BCUT2D eigenvalue weighted by Crippen LogP contribution is 2.30. The van der Waals surface area contributed by atoms with Crippen molar-refractivity contribution < 1.29 is 9.90 Å². The van der Waals surface area contributed by atoms with Gasteiger partial charge in [0.15, 0.2) is 0 Å². The maximum atomic E-state index is 10.4. The lowest BCUT2D eigenvalue weighted by molar-refractivity contribution is -0.137. The normalized spacial score (nSPS) is 31.2. The molecule has 0 bridgehead atoms. The van der Waals surface area contributed by atoms with E-state index in [0.29, 0.717) is 5.92 Å². The van der Waals surface area contributed by atoms with Crippen LogP contribution < -0.4 is 5.73 Å². The summed E-state index contributed by atoms with van der Waals surface area (Å²) in [5.74, 6) is 0.465. The molecule has 0 radical (unpaired) electrons. The molecule has 1 rings (SSSR count). The number of hydrogen-bond acceptors (Lipinski definition) is 2. The van der Waals surface area contributed by atoms with Crippen molar-refractivity contribution >= 4 is 5.97 Å². The van der Waals surface area contributed by atoms with Crippen LogP contribution in [-0.4, -0.2) is 17.1 Å². The van der Waals surface area contributed by atoms with Gasteiger partial charge in [0.2, 0.25) is 0 Å². The summed E-state index contributed by atoms with van der Waals surface area (Å²) in [4.78, 5) is 10.4. The van der Waals surface area contributed by atoms with Gasteiger partial charge in [-0.3, -0.25) is 4.79 Å². The molecular formula is C10H19NO2. The number of carboxylic acid groups (broad SMARTS) is 1. The van der Waals surface area contributed by atoms with Crippen molar-refractivity contribution in [2.75, 3.05) is 0 Å². The lowest BCUT2D eigenvalue weighted by atomic mass is 9.79. The van der Waals surface area contributed by atoms with Gasteiger partial charge in [-0.25, -0.2) is 0 Å². The largest absolute Gasteiger partial charge is 0.481 e. The molecule has 1 atom stereocenters. The van der Waals surface area contributed by atoms with E-state index in [0.717, 1.165) is 18.8 Å². The first-order chi connectivity index (χ1) is 6.09. The molecule has 0 aromatic heterocycles. The molecule has 0 heterocycles. The van der Waals surface area contributed by atoms with Crippen LogP contribution in [0.3, 0.4) is 0 Å². The molecule has 0 aliphatic heterocycles. The summed E-state index contributed by atoms with van der Waals surface area (Å²) in [6, 6.07) is -0.134. The van der Waals surface area contributed by atoms with Crippen LogP contribution in [-0.2, 0) is 4.79 Å². The highest BCUT2D eigenvalue weighted by molar-refractivity contribution is 5.67. The Labute approximate surface area is 79.3 Å². The lowest BCUT2D eigenvalue weighted by Gasteiger charge is -2.29. The third-order valence-corrected chi connectivity index (χ3v) is 3.08. The van der Waals surface area contributed by atoms with Crippen LogP contribution in [0.25, 0.3) is 0 Å². The summed E-state index contributed by atoms with van der Waals surface area (Å²) < 4.78 is 0. The van der Waals surface area contributed by atoms with Crippen molar-refractivity contribution in [2.24, 2.45) is 17.6 Å². The van der Waals surface area contributed by atoms with E-state index in [1.807, 2.05) is 0 Å². The van der Waals surface area contributed by atoms with Crippen molar-refractivity contribution in [3.63, 3.8) is 0 Å². The summed E-state index contributed by atoms with van der Waals surface area (Å²) in [5, 5.41) is 8.59. The van der Waals surface area contributed by atoms with E-state index in [9.17, 15) is 4.79 Å². The van der Waals surface area contributed by atoms with Crippen molar-refractivity contribution in [1.29, 1.82) is 0 Å². The standard InChI is InChI=1S/C10H19NO2/c1-7-2-4-8(5-3-7)9(11)6-10(12)13/h7-9H,2-6,11H2,1H3,(H,12,13). The Balaban J connectivity index is 2.31. The van der Waals surface area contributed by atoms with E-state index < -0.39 is 5.97 Å². The first kappa shape index (κ1) is 10.5. The molecule has 1 saturated carbocycles. The number of carbonyl (C=O) groups is 1. The predicted octanol–water partition coefficient (Wildman–Crippen LogP) is 1.61. The number of nitrogens with two attached hydrogens (primary N) is 1. The molecule has 1 aliphatic rings. The van der Waals surface area contributed by atoms with Crippen LogP contribution in [0.5, 0.6) is 0 Å². The second-order valence-electron chi connectivity index (χ2n) is 4.28. The molecular weight excluding hydrogens is 166 g/mol. The molecule has 13 heavy (non-hydrogen) atoms. The SMILES string of the molecule is CC1CCC(C(N)CC(=O)O)CC1. The Morgan fingerprint density at radius 2 is 2.00 bits per heavy atom. The summed E-state index contributed by atoms with van der Waals surface area (Å²) in [6.45, 7) is 2.25. The number of hydrogen-bond donors (Lipinski definition) is 2. The van der Waals surface area contributed by atoms with Crippen LogP contribution in [0.15, 0.2) is 0 Å². The number of carboxylic acids is 1. The fourth-order valence-corrected chi connectivity index (χ4v) is 2.08. The number of aliphatic carboxylic acids is 1. The smallest absolute Gasteiger partial charge is 0.304 e. The van der Waals surface area contributed by atoms with Crippen molar-refractivity contribution in [1.82, 2.24) is 0 Å². The van der Waals surface area contributed by atoms with Gasteiger partial charge in [0.05, 0.1) is 6.42 Å². The summed E-state index contributed by atoms with van der Waals surface area (Å²) in [5.41, 5.74) is 5.81. The van der Waals surface area contributed by atoms with E-state index in [2.05, 4.69) is 6.92 Å². The zero-order valence-corrected chi connectivity index (χ0v) is 8.20. The minimum Gasteiger partial charge on any atom is -0.481 e. The average Bonchev–Trinajstić information content (AvgIpc) is 2.04. The molecule has 76 valence electrons. The second kappa shape index (κ2) is 4.61. The van der Waals surface area contributed by atoms with Crippen molar-refractivity contribution in [3.05, 3.63) is 0 Å². The van der Waals surface area contributed by atoms with Gasteiger partial charge in [-0.15, -0.1) is 0 Å². The molecule has 0 saturated heterocycles. The zero-order chi connectivity index (χ0) is 9.84. The number of rotatable bonds is 3. The Morgan fingerprint density at radius 1 is 1.46 bits per heavy atom. The molecule has 0 spiro atoms. The molecule has 3 nitrogen and oxygen atoms in total. The molecule has 3 heteroatoms. The third-order valence-electron chi connectivity index (χ3n) is 3.08. The van der Waals surface area contributed by atoms with Gasteiger partial charge < -0.3 is 10.8 Å². The van der Waals surface area contributed by atoms with Crippen molar-refractivity contribution in [3.8, 4) is 0 Å². The zero-order valence-electron chi connectivity index (χ0n) is 8.20. The molecule has 0 amide bonds. The van der Waals surface area contributed by atoms with E-state index in [-0.39, 0.29) is 12.5 Å².